The van der Waals surface area contributed by atoms with Crippen molar-refractivity contribution >= 4 is 11.7 Å². The predicted molar refractivity (Wildman–Crippen MR) is 91.7 cm³/mol. The third-order valence-electron chi connectivity index (χ3n) is 3.43. The minimum absolute atomic E-state index is 0.193. The van der Waals surface area contributed by atoms with E-state index in [9.17, 15) is 9.59 Å². The van der Waals surface area contributed by atoms with Crippen molar-refractivity contribution in [1.82, 2.24) is 29.9 Å². The summed E-state index contributed by atoms with van der Waals surface area (Å²) in [6.45, 7) is 0.861. The molecule has 0 saturated carbocycles. The van der Waals surface area contributed by atoms with Gasteiger partial charge in [-0.05, 0) is 30.3 Å². The van der Waals surface area contributed by atoms with Crippen LogP contribution in [0.5, 0.6) is 0 Å². The fraction of sp³-hybridized carbons (Fsp3) is 0.188. The molecule has 3 aromatic rings. The highest BCUT2D eigenvalue weighted by atomic mass is 16.2. The molecule has 0 unspecified atom stereocenters. The Bertz CT molecular complexity index is 901. The number of nitrogens with one attached hydrogen (secondary N) is 2. The lowest BCUT2D eigenvalue weighted by atomic mass is 10.3. The van der Waals surface area contributed by atoms with Crippen LogP contribution < -0.4 is 16.2 Å². The van der Waals surface area contributed by atoms with Crippen LogP contribution in [0, 0.1) is 0 Å². The number of aryl methyl sites for hydroxylation is 1. The van der Waals surface area contributed by atoms with Gasteiger partial charge in [-0.3, -0.25) is 9.59 Å². The van der Waals surface area contributed by atoms with E-state index in [-0.39, 0.29) is 17.2 Å². The topological polar surface area (TPSA) is 107 Å². The van der Waals surface area contributed by atoms with Gasteiger partial charge in [0.25, 0.3) is 11.5 Å². The van der Waals surface area contributed by atoms with Crippen LogP contribution in [-0.2, 0) is 7.05 Å². The zero-order valence-corrected chi connectivity index (χ0v) is 13.6. The number of rotatable bonds is 6. The number of nitrogens with zero attached hydrogens (tertiary/aromatic N) is 5. The molecule has 3 aromatic heterocycles. The first-order chi connectivity index (χ1) is 12.1. The van der Waals surface area contributed by atoms with Gasteiger partial charge in [0, 0.05) is 38.6 Å². The molecular formula is C16H17N7O2. The molecule has 0 aromatic carbocycles. The lowest BCUT2D eigenvalue weighted by Crippen LogP contribution is -2.31. The van der Waals surface area contributed by atoms with Gasteiger partial charge in [-0.25, -0.2) is 4.68 Å². The molecule has 25 heavy (non-hydrogen) atoms. The first-order valence-electron chi connectivity index (χ1n) is 7.67. The van der Waals surface area contributed by atoms with Crippen molar-refractivity contribution in [3.05, 3.63) is 64.8 Å². The zero-order chi connectivity index (χ0) is 17.6. The average Bonchev–Trinajstić information content (AvgIpc) is 3.16. The monoisotopic (exact) mass is 339 g/mol. The van der Waals surface area contributed by atoms with E-state index < -0.39 is 0 Å². The Morgan fingerprint density at radius 2 is 1.88 bits per heavy atom. The van der Waals surface area contributed by atoms with Crippen LogP contribution in [0.4, 0.5) is 5.82 Å². The fourth-order valence-corrected chi connectivity index (χ4v) is 2.13. The van der Waals surface area contributed by atoms with Gasteiger partial charge in [-0.2, -0.15) is 5.10 Å². The third-order valence-corrected chi connectivity index (χ3v) is 3.43. The number of amides is 1. The Balaban J connectivity index is 1.47. The van der Waals surface area contributed by atoms with Crippen molar-refractivity contribution in [1.29, 1.82) is 0 Å². The van der Waals surface area contributed by atoms with E-state index in [1.54, 1.807) is 0 Å². The number of carbonyl (C=O) groups excluding carboxylic acids is 1. The van der Waals surface area contributed by atoms with Crippen LogP contribution in [0.25, 0.3) is 5.82 Å². The molecule has 2 N–H and O–H groups in total. The molecule has 3 rings (SSSR count). The van der Waals surface area contributed by atoms with Gasteiger partial charge < -0.3 is 15.2 Å². The molecular weight excluding hydrogens is 322 g/mol. The van der Waals surface area contributed by atoms with E-state index in [1.165, 1.54) is 19.2 Å². The van der Waals surface area contributed by atoms with Crippen LogP contribution in [0.2, 0.25) is 0 Å². The van der Waals surface area contributed by atoms with E-state index >= 15 is 0 Å². The molecule has 1 amide bonds. The maximum atomic E-state index is 11.9. The molecule has 0 aliphatic heterocycles. The zero-order valence-electron chi connectivity index (χ0n) is 13.6. The van der Waals surface area contributed by atoms with Crippen molar-refractivity contribution in [2.45, 2.75) is 0 Å². The molecule has 0 saturated heterocycles. The normalized spacial score (nSPS) is 10.4. The smallest absolute Gasteiger partial charge is 0.271 e. The molecule has 0 atom stereocenters. The molecule has 9 nitrogen and oxygen atoms in total. The number of hydrogen-bond acceptors (Lipinski definition) is 6. The number of carbonyl (C=O) groups is 1. The molecule has 0 radical (unpaired) electrons. The van der Waals surface area contributed by atoms with Gasteiger partial charge in [0.1, 0.15) is 11.5 Å². The highest BCUT2D eigenvalue weighted by Crippen LogP contribution is 2.06. The first-order valence-corrected chi connectivity index (χ1v) is 7.67. The van der Waals surface area contributed by atoms with Gasteiger partial charge in [0.05, 0.1) is 0 Å². The second-order valence-electron chi connectivity index (χ2n) is 5.23. The maximum absolute atomic E-state index is 11.9. The molecule has 128 valence electrons. The molecule has 3 heterocycles. The second-order valence-corrected chi connectivity index (χ2v) is 5.23. The minimum atomic E-state index is -0.341. The summed E-state index contributed by atoms with van der Waals surface area (Å²) in [4.78, 5) is 23.2. The van der Waals surface area contributed by atoms with Gasteiger partial charge >= 0.3 is 0 Å². The summed E-state index contributed by atoms with van der Waals surface area (Å²) in [6, 6.07) is 10.2. The number of anilines is 1. The van der Waals surface area contributed by atoms with Crippen molar-refractivity contribution in [2.75, 3.05) is 18.4 Å². The predicted octanol–water partition coefficient (Wildman–Crippen LogP) is 0.203. The van der Waals surface area contributed by atoms with Gasteiger partial charge in [-0.15, -0.1) is 10.2 Å². The van der Waals surface area contributed by atoms with E-state index in [2.05, 4.69) is 25.9 Å². The summed E-state index contributed by atoms with van der Waals surface area (Å²) in [5, 5.41) is 17.9. The summed E-state index contributed by atoms with van der Waals surface area (Å²) < 4.78 is 2.98. The molecule has 0 fully saturated rings. The Hall–Kier alpha value is -3.49. The van der Waals surface area contributed by atoms with Crippen LogP contribution in [0.3, 0.4) is 0 Å². The summed E-state index contributed by atoms with van der Waals surface area (Å²) in [6.07, 6.45) is 3.78. The summed E-state index contributed by atoms with van der Waals surface area (Å²) >= 11 is 0. The van der Waals surface area contributed by atoms with E-state index in [4.69, 9.17) is 0 Å². The minimum Gasteiger partial charge on any atom is -0.367 e. The Kier molecular flexibility index (Phi) is 4.84. The highest BCUT2D eigenvalue weighted by molar-refractivity contribution is 5.91. The van der Waals surface area contributed by atoms with Crippen LogP contribution in [0.15, 0.2) is 53.6 Å². The lowest BCUT2D eigenvalue weighted by Gasteiger charge is -2.08. The molecule has 0 aliphatic carbocycles. The van der Waals surface area contributed by atoms with E-state index in [0.717, 1.165) is 10.5 Å². The maximum Gasteiger partial charge on any atom is 0.271 e. The molecule has 9 heteroatoms. The summed E-state index contributed by atoms with van der Waals surface area (Å²) in [5.41, 5.74) is -0.0712. The summed E-state index contributed by atoms with van der Waals surface area (Å²) in [5.74, 6) is 1.00. The Labute approximate surface area is 143 Å². The Morgan fingerprint density at radius 3 is 2.56 bits per heavy atom. The number of aromatic nitrogens is 5. The molecule has 0 bridgehead atoms. The van der Waals surface area contributed by atoms with Crippen molar-refractivity contribution in [2.24, 2.45) is 7.05 Å². The second kappa shape index (κ2) is 7.39. The van der Waals surface area contributed by atoms with Crippen molar-refractivity contribution in [3.8, 4) is 5.82 Å². The fourth-order valence-electron chi connectivity index (χ4n) is 2.13. The van der Waals surface area contributed by atoms with Crippen LogP contribution in [0.1, 0.15) is 10.5 Å². The third kappa shape index (κ3) is 4.08. The van der Waals surface area contributed by atoms with Crippen molar-refractivity contribution < 1.29 is 4.79 Å². The number of hydrogen-bond donors (Lipinski definition) is 2. The highest BCUT2D eigenvalue weighted by Gasteiger charge is 2.07. The lowest BCUT2D eigenvalue weighted by molar-refractivity contribution is 0.0948. The largest absolute Gasteiger partial charge is 0.367 e. The standard InChI is InChI=1S/C16H17N7O2/c1-22-15(24)7-4-12(21-22)16(25)18-9-8-17-13-5-6-14(20-19-13)23-10-2-3-11-23/h2-7,10-11H,8-9H2,1H3,(H,17,19)(H,18,25). The molecule has 0 spiro atoms. The van der Waals surface area contributed by atoms with E-state index in [0.29, 0.717) is 18.9 Å². The van der Waals surface area contributed by atoms with Crippen molar-refractivity contribution in [3.63, 3.8) is 0 Å². The van der Waals surface area contributed by atoms with Gasteiger partial charge in [-0.1, -0.05) is 0 Å². The molecule has 0 aliphatic rings. The quantitative estimate of drug-likeness (QED) is 0.622. The van der Waals surface area contributed by atoms with E-state index in [1.807, 2.05) is 41.2 Å². The van der Waals surface area contributed by atoms with Crippen LogP contribution in [-0.4, -0.2) is 43.5 Å². The summed E-state index contributed by atoms with van der Waals surface area (Å²) in [7, 11) is 1.50. The van der Waals surface area contributed by atoms with Crippen LogP contribution >= 0.6 is 0 Å². The van der Waals surface area contributed by atoms with Gasteiger partial charge in [0.2, 0.25) is 0 Å². The average molecular weight is 339 g/mol. The Morgan fingerprint density at radius 1 is 1.08 bits per heavy atom. The van der Waals surface area contributed by atoms with Gasteiger partial charge in [0.15, 0.2) is 5.82 Å². The first kappa shape index (κ1) is 16.4. The SMILES string of the molecule is Cn1nc(C(=O)NCCNc2ccc(-n3cccc3)nn2)ccc1=O.